The van der Waals surface area contributed by atoms with Crippen LogP contribution >= 0.6 is 0 Å². The molecule has 0 radical (unpaired) electrons. The van der Waals surface area contributed by atoms with Crippen LogP contribution in [0.15, 0.2) is 24.3 Å². The molecule has 0 amide bonds. The Morgan fingerprint density at radius 1 is 1.48 bits per heavy atom. The van der Waals surface area contributed by atoms with Crippen LogP contribution in [0.4, 0.5) is 5.69 Å². The van der Waals surface area contributed by atoms with Gasteiger partial charge < -0.3 is 15.2 Å². The minimum Gasteiger partial charge on any atom is -0.396 e. The molecule has 0 saturated carbocycles. The Balaban J connectivity index is 1.81. The minimum atomic E-state index is -0.333. The predicted molar refractivity (Wildman–Crippen MR) is 79.2 cm³/mol. The molecule has 0 aromatic heterocycles. The third-order valence-corrected chi connectivity index (χ3v) is 4.01. The van der Waals surface area contributed by atoms with Gasteiger partial charge in [-0.2, -0.15) is 0 Å². The van der Waals surface area contributed by atoms with Crippen molar-refractivity contribution in [2.45, 2.75) is 25.8 Å². The van der Waals surface area contributed by atoms with E-state index < -0.39 is 0 Å². The summed E-state index contributed by atoms with van der Waals surface area (Å²) in [6, 6.07) is 7.09. The normalized spacial score (nSPS) is 18.0. The Kier molecular flexibility index (Phi) is 5.27. The third kappa shape index (κ3) is 4.00. The maximum absolute atomic E-state index is 11.0. The average molecular weight is 294 g/mol. The van der Waals surface area contributed by atoms with E-state index in [1.807, 2.05) is 6.07 Å². The highest BCUT2D eigenvalue weighted by Gasteiger charge is 2.37. The Morgan fingerprint density at radius 3 is 2.76 bits per heavy atom. The van der Waals surface area contributed by atoms with Crippen molar-refractivity contribution in [1.29, 1.82) is 0 Å². The molecule has 1 fully saturated rings. The molecular formula is C15H22N2O4. The van der Waals surface area contributed by atoms with Gasteiger partial charge in [0.2, 0.25) is 0 Å². The topological polar surface area (TPSA) is 84.6 Å². The molecule has 21 heavy (non-hydrogen) atoms. The van der Waals surface area contributed by atoms with Gasteiger partial charge >= 0.3 is 0 Å². The molecule has 2 N–H and O–H groups in total. The highest BCUT2D eigenvalue weighted by Crippen LogP contribution is 2.26. The Bertz CT molecular complexity index is 483. The van der Waals surface area contributed by atoms with Gasteiger partial charge in [0, 0.05) is 24.2 Å². The SMILES string of the molecule is CC(CCc1ccccc1[N+](=O)[O-])NCC1(CO)COC1. The van der Waals surface area contributed by atoms with Crippen LogP contribution in [0.5, 0.6) is 0 Å². The van der Waals surface area contributed by atoms with Crippen molar-refractivity contribution in [3.63, 3.8) is 0 Å². The van der Waals surface area contributed by atoms with Crippen molar-refractivity contribution in [3.05, 3.63) is 39.9 Å². The number of ether oxygens (including phenoxy) is 1. The first-order valence-electron chi connectivity index (χ1n) is 7.21. The monoisotopic (exact) mass is 294 g/mol. The molecule has 1 saturated heterocycles. The van der Waals surface area contributed by atoms with Gasteiger partial charge in [-0.25, -0.2) is 0 Å². The van der Waals surface area contributed by atoms with E-state index in [9.17, 15) is 15.2 Å². The summed E-state index contributed by atoms with van der Waals surface area (Å²) in [6.07, 6.45) is 1.47. The predicted octanol–water partition coefficient (Wildman–Crippen LogP) is 1.51. The zero-order chi connectivity index (χ0) is 15.3. The van der Waals surface area contributed by atoms with E-state index in [2.05, 4.69) is 12.2 Å². The third-order valence-electron chi connectivity index (χ3n) is 4.01. The second-order valence-corrected chi connectivity index (χ2v) is 5.86. The highest BCUT2D eigenvalue weighted by atomic mass is 16.6. The first-order chi connectivity index (χ1) is 10.1. The van der Waals surface area contributed by atoms with Crippen molar-refractivity contribution in [2.24, 2.45) is 5.41 Å². The van der Waals surface area contributed by atoms with Crippen molar-refractivity contribution >= 4 is 5.69 Å². The number of aryl methyl sites for hydroxylation is 1. The number of nitrogens with zero attached hydrogens (tertiary/aromatic N) is 1. The molecule has 2 rings (SSSR count). The summed E-state index contributed by atoms with van der Waals surface area (Å²) in [5.41, 5.74) is 0.802. The summed E-state index contributed by atoms with van der Waals surface area (Å²) < 4.78 is 5.16. The van der Waals surface area contributed by atoms with Crippen LogP contribution in [-0.4, -0.2) is 42.4 Å². The van der Waals surface area contributed by atoms with Crippen LogP contribution in [0.2, 0.25) is 0 Å². The smallest absolute Gasteiger partial charge is 0.272 e. The lowest BCUT2D eigenvalue weighted by Gasteiger charge is -2.40. The summed E-state index contributed by atoms with van der Waals surface area (Å²) in [4.78, 5) is 10.6. The van der Waals surface area contributed by atoms with Crippen LogP contribution in [0.3, 0.4) is 0 Å². The Labute approximate surface area is 124 Å². The lowest BCUT2D eigenvalue weighted by Crippen LogP contribution is -2.53. The molecule has 0 bridgehead atoms. The van der Waals surface area contributed by atoms with Gasteiger partial charge in [-0.1, -0.05) is 18.2 Å². The van der Waals surface area contributed by atoms with Gasteiger partial charge in [-0.3, -0.25) is 10.1 Å². The van der Waals surface area contributed by atoms with Gasteiger partial charge in [0.1, 0.15) is 0 Å². The van der Waals surface area contributed by atoms with Crippen molar-refractivity contribution in [3.8, 4) is 0 Å². The quantitative estimate of drug-likeness (QED) is 0.561. The van der Waals surface area contributed by atoms with Crippen LogP contribution in [0.25, 0.3) is 0 Å². The lowest BCUT2D eigenvalue weighted by molar-refractivity contribution is -0.385. The number of hydrogen-bond donors (Lipinski definition) is 2. The first-order valence-corrected chi connectivity index (χ1v) is 7.21. The summed E-state index contributed by atoms with van der Waals surface area (Å²) >= 11 is 0. The van der Waals surface area contributed by atoms with Crippen molar-refractivity contribution < 1.29 is 14.8 Å². The molecular weight excluding hydrogens is 272 g/mol. The van der Waals surface area contributed by atoms with E-state index in [0.29, 0.717) is 26.2 Å². The van der Waals surface area contributed by atoms with Gasteiger partial charge in [-0.05, 0) is 19.8 Å². The van der Waals surface area contributed by atoms with Gasteiger partial charge in [0.05, 0.1) is 30.2 Å². The lowest BCUT2D eigenvalue weighted by atomic mass is 9.86. The van der Waals surface area contributed by atoms with Gasteiger partial charge in [0.25, 0.3) is 5.69 Å². The van der Waals surface area contributed by atoms with Crippen LogP contribution < -0.4 is 5.32 Å². The van der Waals surface area contributed by atoms with E-state index in [0.717, 1.165) is 12.0 Å². The fourth-order valence-electron chi connectivity index (χ4n) is 2.41. The number of aliphatic hydroxyl groups excluding tert-OH is 1. The molecule has 1 atom stereocenters. The number of benzene rings is 1. The second-order valence-electron chi connectivity index (χ2n) is 5.86. The zero-order valence-electron chi connectivity index (χ0n) is 12.2. The van der Waals surface area contributed by atoms with Crippen LogP contribution in [0.1, 0.15) is 18.9 Å². The number of aliphatic hydroxyl groups is 1. The molecule has 6 nitrogen and oxygen atoms in total. The van der Waals surface area contributed by atoms with E-state index in [1.165, 1.54) is 0 Å². The first kappa shape index (κ1) is 15.9. The number of nitrogens with one attached hydrogen (secondary N) is 1. The number of rotatable bonds is 8. The number of nitro groups is 1. The van der Waals surface area contributed by atoms with E-state index in [4.69, 9.17) is 4.74 Å². The van der Waals surface area contributed by atoms with Crippen molar-refractivity contribution in [2.75, 3.05) is 26.4 Å². The van der Waals surface area contributed by atoms with E-state index >= 15 is 0 Å². The average Bonchev–Trinajstić information content (AvgIpc) is 2.44. The number of para-hydroxylation sites is 1. The fraction of sp³-hybridized carbons (Fsp3) is 0.600. The zero-order valence-corrected chi connectivity index (χ0v) is 12.2. The Morgan fingerprint density at radius 2 is 2.19 bits per heavy atom. The maximum Gasteiger partial charge on any atom is 0.272 e. The van der Waals surface area contributed by atoms with Crippen LogP contribution in [-0.2, 0) is 11.2 Å². The molecule has 1 aromatic rings. The largest absolute Gasteiger partial charge is 0.396 e. The number of hydrogen-bond acceptors (Lipinski definition) is 5. The summed E-state index contributed by atoms with van der Waals surface area (Å²) in [7, 11) is 0. The standard InChI is InChI=1S/C15H22N2O4/c1-12(16-8-15(9-18)10-21-11-15)6-7-13-4-2-3-5-14(13)17(19)20/h2-5,12,16,18H,6-11H2,1H3. The van der Waals surface area contributed by atoms with E-state index in [1.54, 1.807) is 18.2 Å². The second kappa shape index (κ2) is 6.98. The molecule has 0 spiro atoms. The van der Waals surface area contributed by atoms with Gasteiger partial charge in [-0.15, -0.1) is 0 Å². The molecule has 1 heterocycles. The molecule has 1 aliphatic heterocycles. The molecule has 116 valence electrons. The molecule has 6 heteroatoms. The van der Waals surface area contributed by atoms with Gasteiger partial charge in [0.15, 0.2) is 0 Å². The maximum atomic E-state index is 11.0. The molecule has 0 aliphatic carbocycles. The van der Waals surface area contributed by atoms with E-state index in [-0.39, 0.29) is 28.7 Å². The molecule has 1 aromatic carbocycles. The fourth-order valence-corrected chi connectivity index (χ4v) is 2.41. The van der Waals surface area contributed by atoms with Crippen LogP contribution in [0, 0.1) is 15.5 Å². The molecule has 1 unspecified atom stereocenters. The van der Waals surface area contributed by atoms with Crippen molar-refractivity contribution in [1.82, 2.24) is 5.32 Å². The summed E-state index contributed by atoms with van der Waals surface area (Å²) in [5, 5.41) is 23.7. The number of nitro benzene ring substituents is 1. The summed E-state index contributed by atoms with van der Waals surface area (Å²) in [5.74, 6) is 0. The Hall–Kier alpha value is -1.50. The highest BCUT2D eigenvalue weighted by molar-refractivity contribution is 5.39. The molecule has 1 aliphatic rings. The summed E-state index contributed by atoms with van der Waals surface area (Å²) in [6.45, 7) is 4.07. The minimum absolute atomic E-state index is 0.122.